The minimum atomic E-state index is 0. The second kappa shape index (κ2) is 9.68. The van der Waals surface area contributed by atoms with E-state index in [0.717, 1.165) is 32.2 Å². The largest absolute Gasteiger partial charge is 0.372 e. The fourth-order valence-electron chi connectivity index (χ4n) is 1.94. The molecular formula is C12H25ClN2O2. The van der Waals surface area contributed by atoms with Crippen molar-refractivity contribution in [3.05, 3.63) is 0 Å². The maximum absolute atomic E-state index is 11.5. The van der Waals surface area contributed by atoms with Gasteiger partial charge in [-0.25, -0.2) is 0 Å². The van der Waals surface area contributed by atoms with Gasteiger partial charge in [0.05, 0.1) is 0 Å². The lowest BCUT2D eigenvalue weighted by Crippen LogP contribution is -2.47. The van der Waals surface area contributed by atoms with Crippen molar-refractivity contribution in [1.82, 2.24) is 10.6 Å². The van der Waals surface area contributed by atoms with E-state index in [1.165, 1.54) is 0 Å². The molecule has 1 saturated heterocycles. The second-order valence-corrected chi connectivity index (χ2v) is 4.55. The predicted octanol–water partition coefficient (Wildman–Crippen LogP) is 1.48. The van der Waals surface area contributed by atoms with Crippen LogP contribution in [0, 0.1) is 0 Å². The number of rotatable bonds is 6. The quantitative estimate of drug-likeness (QED) is 0.715. The lowest BCUT2D eigenvalue weighted by molar-refractivity contribution is -0.126. The molecule has 5 heteroatoms. The van der Waals surface area contributed by atoms with Crippen LogP contribution >= 0.6 is 12.4 Å². The van der Waals surface area contributed by atoms with Crippen LogP contribution in [0.2, 0.25) is 0 Å². The van der Waals surface area contributed by atoms with Crippen molar-refractivity contribution >= 4 is 18.3 Å². The molecule has 1 amide bonds. The Morgan fingerprint density at radius 1 is 1.53 bits per heavy atom. The van der Waals surface area contributed by atoms with Crippen molar-refractivity contribution in [2.24, 2.45) is 0 Å². The first-order chi connectivity index (χ1) is 7.72. The monoisotopic (exact) mass is 264 g/mol. The van der Waals surface area contributed by atoms with Crippen LogP contribution in [0.4, 0.5) is 0 Å². The summed E-state index contributed by atoms with van der Waals surface area (Å²) < 4.78 is 5.28. The summed E-state index contributed by atoms with van der Waals surface area (Å²) in [6.45, 7) is 6.14. The van der Waals surface area contributed by atoms with E-state index in [9.17, 15) is 4.79 Å². The summed E-state index contributed by atoms with van der Waals surface area (Å²) >= 11 is 0. The average molecular weight is 265 g/mol. The second-order valence-electron chi connectivity index (χ2n) is 4.55. The lowest BCUT2D eigenvalue weighted by atomic mass is 10.0. The van der Waals surface area contributed by atoms with Crippen molar-refractivity contribution in [2.45, 2.75) is 51.6 Å². The van der Waals surface area contributed by atoms with Gasteiger partial charge in [0, 0.05) is 18.7 Å². The van der Waals surface area contributed by atoms with Crippen LogP contribution < -0.4 is 10.6 Å². The van der Waals surface area contributed by atoms with E-state index in [1.54, 1.807) is 0 Å². The van der Waals surface area contributed by atoms with Gasteiger partial charge < -0.3 is 15.4 Å². The van der Waals surface area contributed by atoms with Gasteiger partial charge in [0.15, 0.2) is 0 Å². The molecule has 0 spiro atoms. The minimum absolute atomic E-state index is 0. The molecule has 1 aliphatic rings. The molecule has 0 aliphatic carbocycles. The molecule has 0 aromatic rings. The smallest absolute Gasteiger partial charge is 0.246 e. The molecule has 1 rings (SSSR count). The molecular weight excluding hydrogens is 240 g/mol. The molecule has 0 bridgehead atoms. The molecule has 1 heterocycles. The van der Waals surface area contributed by atoms with E-state index in [1.807, 2.05) is 0 Å². The molecule has 2 N–H and O–H groups in total. The van der Waals surface area contributed by atoms with Crippen molar-refractivity contribution < 1.29 is 9.53 Å². The van der Waals surface area contributed by atoms with E-state index in [4.69, 9.17) is 4.74 Å². The summed E-state index contributed by atoms with van der Waals surface area (Å²) in [6, 6.07) is 0.818. The van der Waals surface area contributed by atoms with Crippen molar-refractivity contribution in [3.63, 3.8) is 0 Å². The molecule has 4 nitrogen and oxygen atoms in total. The van der Waals surface area contributed by atoms with Crippen LogP contribution in [0.5, 0.6) is 0 Å². The third kappa shape index (κ3) is 7.58. The van der Waals surface area contributed by atoms with Crippen LogP contribution in [0.1, 0.15) is 39.5 Å². The number of amides is 1. The SMILES string of the molecule is CCCCOCC(=O)NC1CCNC(C)C1.Cl. The molecule has 102 valence electrons. The normalized spacial score (nSPS) is 23.9. The van der Waals surface area contributed by atoms with Crippen molar-refractivity contribution in [3.8, 4) is 0 Å². The molecule has 2 unspecified atom stereocenters. The third-order valence-corrected chi connectivity index (χ3v) is 2.86. The molecule has 17 heavy (non-hydrogen) atoms. The van der Waals surface area contributed by atoms with E-state index in [2.05, 4.69) is 24.5 Å². The van der Waals surface area contributed by atoms with Crippen LogP contribution in [0.3, 0.4) is 0 Å². The highest BCUT2D eigenvalue weighted by atomic mass is 35.5. The Bertz CT molecular complexity index is 215. The maximum Gasteiger partial charge on any atom is 0.246 e. The third-order valence-electron chi connectivity index (χ3n) is 2.86. The fraction of sp³-hybridized carbons (Fsp3) is 0.917. The van der Waals surface area contributed by atoms with Crippen molar-refractivity contribution in [2.75, 3.05) is 19.8 Å². The van der Waals surface area contributed by atoms with Crippen LogP contribution in [0.15, 0.2) is 0 Å². The van der Waals surface area contributed by atoms with Crippen LogP contribution in [-0.2, 0) is 9.53 Å². The first kappa shape index (κ1) is 16.7. The number of hydrogen-bond donors (Lipinski definition) is 2. The number of carbonyl (C=O) groups excluding carboxylic acids is 1. The number of hydrogen-bond acceptors (Lipinski definition) is 3. The molecule has 1 fully saturated rings. The predicted molar refractivity (Wildman–Crippen MR) is 71.6 cm³/mol. The van der Waals surface area contributed by atoms with Crippen molar-refractivity contribution in [1.29, 1.82) is 0 Å². The highest BCUT2D eigenvalue weighted by Crippen LogP contribution is 2.07. The molecule has 0 radical (unpaired) electrons. The Hall–Kier alpha value is -0.320. The number of carbonyl (C=O) groups is 1. The Morgan fingerprint density at radius 2 is 2.29 bits per heavy atom. The van der Waals surface area contributed by atoms with E-state index < -0.39 is 0 Å². The van der Waals surface area contributed by atoms with Gasteiger partial charge in [-0.3, -0.25) is 4.79 Å². The number of unbranched alkanes of at least 4 members (excludes halogenated alkanes) is 1. The molecule has 0 aromatic heterocycles. The Morgan fingerprint density at radius 3 is 2.94 bits per heavy atom. The van der Waals surface area contributed by atoms with Gasteiger partial charge in [0.1, 0.15) is 6.61 Å². The maximum atomic E-state index is 11.5. The molecule has 1 aliphatic heterocycles. The Balaban J connectivity index is 0.00000256. The highest BCUT2D eigenvalue weighted by Gasteiger charge is 2.19. The van der Waals surface area contributed by atoms with Gasteiger partial charge in [0.2, 0.25) is 5.91 Å². The highest BCUT2D eigenvalue weighted by molar-refractivity contribution is 5.85. The number of piperidine rings is 1. The first-order valence-electron chi connectivity index (χ1n) is 6.33. The van der Waals surface area contributed by atoms with Gasteiger partial charge in [-0.2, -0.15) is 0 Å². The average Bonchev–Trinajstić information content (AvgIpc) is 2.24. The fourth-order valence-corrected chi connectivity index (χ4v) is 1.94. The standard InChI is InChI=1S/C12H24N2O2.ClH/c1-3-4-7-16-9-12(15)14-11-5-6-13-10(2)8-11;/h10-11,13H,3-9H2,1-2H3,(H,14,15);1H. The number of halogens is 1. The van der Waals surface area contributed by atoms with E-state index >= 15 is 0 Å². The topological polar surface area (TPSA) is 50.4 Å². The Kier molecular flexibility index (Phi) is 9.50. The summed E-state index contributed by atoms with van der Waals surface area (Å²) in [4.78, 5) is 11.5. The van der Waals surface area contributed by atoms with E-state index in [-0.39, 0.29) is 24.9 Å². The zero-order valence-electron chi connectivity index (χ0n) is 10.8. The lowest BCUT2D eigenvalue weighted by Gasteiger charge is -2.28. The zero-order chi connectivity index (χ0) is 11.8. The summed E-state index contributed by atoms with van der Waals surface area (Å²) in [7, 11) is 0. The summed E-state index contributed by atoms with van der Waals surface area (Å²) in [5.41, 5.74) is 0. The summed E-state index contributed by atoms with van der Waals surface area (Å²) in [6.07, 6.45) is 4.16. The molecule has 0 aromatic carbocycles. The van der Waals surface area contributed by atoms with Gasteiger partial charge in [0.25, 0.3) is 0 Å². The molecule has 0 saturated carbocycles. The summed E-state index contributed by atoms with van der Waals surface area (Å²) in [5, 5.41) is 6.38. The van der Waals surface area contributed by atoms with Gasteiger partial charge in [-0.1, -0.05) is 13.3 Å². The van der Waals surface area contributed by atoms with Gasteiger partial charge in [-0.15, -0.1) is 12.4 Å². The number of ether oxygens (including phenoxy) is 1. The first-order valence-corrected chi connectivity index (χ1v) is 6.33. The molecule has 2 atom stereocenters. The zero-order valence-corrected chi connectivity index (χ0v) is 11.6. The van der Waals surface area contributed by atoms with Gasteiger partial charge >= 0.3 is 0 Å². The minimum Gasteiger partial charge on any atom is -0.372 e. The van der Waals surface area contributed by atoms with Gasteiger partial charge in [-0.05, 0) is 32.7 Å². The Labute approximate surface area is 110 Å². The summed E-state index contributed by atoms with van der Waals surface area (Å²) in [5.74, 6) is 0.0233. The number of nitrogens with one attached hydrogen (secondary N) is 2. The van der Waals surface area contributed by atoms with E-state index in [0.29, 0.717) is 18.7 Å². The van der Waals surface area contributed by atoms with Crippen LogP contribution in [0.25, 0.3) is 0 Å². The van der Waals surface area contributed by atoms with Crippen LogP contribution in [-0.4, -0.2) is 37.7 Å².